The summed E-state index contributed by atoms with van der Waals surface area (Å²) in [7, 11) is 0. The predicted octanol–water partition coefficient (Wildman–Crippen LogP) is -1.31. The maximum absolute atomic E-state index is 10.4. The van der Waals surface area contributed by atoms with Crippen LogP contribution in [0.15, 0.2) is 0 Å². The molecule has 0 heterocycles. The molecule has 0 aromatic heterocycles. The van der Waals surface area contributed by atoms with Crippen molar-refractivity contribution in [2.24, 2.45) is 0 Å². The van der Waals surface area contributed by atoms with Crippen molar-refractivity contribution in [1.29, 1.82) is 0 Å². The minimum atomic E-state index is -1.35. The van der Waals surface area contributed by atoms with E-state index in [9.17, 15) is 19.7 Å². The Morgan fingerprint density at radius 2 is 1.86 bits per heavy atom. The molecular weight excluding hydrogens is 206 g/mol. The molecule has 0 spiro atoms. The number of hydrogen-bond acceptors (Lipinski definition) is 8. The van der Waals surface area contributed by atoms with Crippen molar-refractivity contribution in [3.63, 3.8) is 0 Å². The van der Waals surface area contributed by atoms with Gasteiger partial charge in [-0.15, -0.1) is 10.1 Å². The van der Waals surface area contributed by atoms with Crippen LogP contribution in [-0.4, -0.2) is 35.3 Å². The van der Waals surface area contributed by atoms with Gasteiger partial charge in [-0.2, -0.15) is 0 Å². The molecule has 0 atom stereocenters. The lowest BCUT2D eigenvalue weighted by Gasteiger charge is -1.99. The lowest BCUT2D eigenvalue weighted by molar-refractivity contribution is -0.839. The molecule has 0 bridgehead atoms. The maximum atomic E-state index is 10.4. The van der Waals surface area contributed by atoms with Crippen LogP contribution in [0.3, 0.4) is 0 Å². The smallest absolute Gasteiger partial charge is 0.371 e. The van der Waals surface area contributed by atoms with E-state index in [1.165, 1.54) is 0 Å². The van der Waals surface area contributed by atoms with E-state index < -0.39 is 30.2 Å². The Bertz CT molecular complexity index is 225. The van der Waals surface area contributed by atoms with Gasteiger partial charge >= 0.3 is 17.0 Å². The van der Waals surface area contributed by atoms with Gasteiger partial charge in [0.25, 0.3) is 0 Å². The summed E-state index contributed by atoms with van der Waals surface area (Å²) in [6, 6.07) is 0. The number of carboxylic acids is 1. The van der Waals surface area contributed by atoms with Crippen LogP contribution in [0.1, 0.15) is 0 Å². The molecule has 0 aromatic carbocycles. The van der Waals surface area contributed by atoms with Crippen molar-refractivity contribution < 1.29 is 39.4 Å². The number of aliphatic carboxylic acids is 1. The summed E-state index contributed by atoms with van der Waals surface area (Å²) in [6.45, 7) is -1.61. The second kappa shape index (κ2) is 6.56. The molecule has 0 unspecified atom stereocenters. The number of rotatable bonds is 7. The summed E-state index contributed by atoms with van der Waals surface area (Å²) < 4.78 is 0. The average molecular weight is 211 g/mol. The van der Waals surface area contributed by atoms with Crippen molar-refractivity contribution in [2.45, 2.75) is 0 Å². The van der Waals surface area contributed by atoms with Crippen LogP contribution in [0.4, 0.5) is 0 Å². The van der Waals surface area contributed by atoms with Crippen molar-refractivity contribution >= 4 is 11.9 Å². The molecule has 1 N–H and O–H groups in total. The largest absolute Gasteiger partial charge is 0.479 e. The van der Waals surface area contributed by atoms with Gasteiger partial charge in [-0.3, -0.25) is 4.89 Å². The number of nitrogens with zero attached hydrogens (tertiary/aromatic N) is 1. The summed E-state index contributed by atoms with van der Waals surface area (Å²) in [5.41, 5.74) is 0. The van der Waals surface area contributed by atoms with E-state index in [0.717, 1.165) is 0 Å². The van der Waals surface area contributed by atoms with E-state index in [-0.39, 0.29) is 0 Å². The summed E-state index contributed by atoms with van der Waals surface area (Å²) in [4.78, 5) is 44.3. The van der Waals surface area contributed by atoms with Crippen molar-refractivity contribution in [3.05, 3.63) is 10.1 Å². The second-order valence-corrected chi connectivity index (χ2v) is 1.67. The maximum Gasteiger partial charge on any atom is 0.371 e. The molecule has 0 saturated heterocycles. The van der Waals surface area contributed by atoms with Gasteiger partial charge in [0.05, 0.1) is 0 Å². The Hall–Kier alpha value is -1.94. The average Bonchev–Trinajstić information content (AvgIpc) is 2.08. The Balaban J connectivity index is 3.36. The first-order valence-corrected chi connectivity index (χ1v) is 3.00. The Morgan fingerprint density at radius 3 is 2.36 bits per heavy atom. The van der Waals surface area contributed by atoms with Gasteiger partial charge in [0, 0.05) is 0 Å². The van der Waals surface area contributed by atoms with Gasteiger partial charge in [-0.25, -0.2) is 19.4 Å². The second-order valence-electron chi connectivity index (χ2n) is 1.67. The third-order valence-electron chi connectivity index (χ3n) is 0.634. The van der Waals surface area contributed by atoms with Gasteiger partial charge < -0.3 is 5.11 Å². The SMILES string of the molecule is O=C(O)COOCC(=O)OO[N+](=O)[O-]. The molecule has 0 rings (SSSR count). The number of hydrogen-bond donors (Lipinski definition) is 1. The van der Waals surface area contributed by atoms with E-state index in [1.807, 2.05) is 0 Å². The first-order valence-electron chi connectivity index (χ1n) is 3.00. The summed E-state index contributed by atoms with van der Waals surface area (Å²) in [5.74, 6) is -2.55. The quantitative estimate of drug-likeness (QED) is 0.235. The van der Waals surface area contributed by atoms with E-state index in [2.05, 4.69) is 19.7 Å². The Kier molecular flexibility index (Phi) is 5.65. The molecule has 0 aliphatic rings. The molecule has 0 fully saturated rings. The summed E-state index contributed by atoms with van der Waals surface area (Å²) in [5, 5.41) is 16.1. The van der Waals surface area contributed by atoms with Crippen molar-refractivity contribution in [3.8, 4) is 0 Å². The zero-order valence-electron chi connectivity index (χ0n) is 6.57. The topological polar surface area (TPSA) is 134 Å². The van der Waals surface area contributed by atoms with Gasteiger partial charge in [-0.05, 0) is 0 Å². The van der Waals surface area contributed by atoms with E-state index in [0.29, 0.717) is 0 Å². The molecule has 0 saturated carbocycles. The van der Waals surface area contributed by atoms with Crippen LogP contribution in [0.25, 0.3) is 0 Å². The molecule has 0 aliphatic heterocycles. The van der Waals surface area contributed by atoms with Crippen LogP contribution in [0, 0.1) is 10.1 Å². The van der Waals surface area contributed by atoms with Crippen LogP contribution >= 0.6 is 0 Å². The Morgan fingerprint density at radius 1 is 1.29 bits per heavy atom. The summed E-state index contributed by atoms with van der Waals surface area (Å²) in [6.07, 6.45) is 0. The minimum absolute atomic E-state index is 0.774. The molecule has 80 valence electrons. The fourth-order valence-electron chi connectivity index (χ4n) is 0.278. The standard InChI is InChI=1S/C4H5NO9/c6-3(7)1-11-12-2-4(8)13-14-5(9)10/h1-2H2,(H,6,7). The molecule has 0 radical (unpaired) electrons. The molecular formula is C4H5NO9. The van der Waals surface area contributed by atoms with E-state index >= 15 is 0 Å². The third kappa shape index (κ3) is 8.16. The molecule has 0 aliphatic carbocycles. The van der Waals surface area contributed by atoms with Crippen molar-refractivity contribution in [2.75, 3.05) is 13.2 Å². The van der Waals surface area contributed by atoms with Crippen molar-refractivity contribution in [1.82, 2.24) is 0 Å². The summed E-state index contributed by atoms with van der Waals surface area (Å²) >= 11 is 0. The minimum Gasteiger partial charge on any atom is -0.479 e. The Labute approximate surface area is 75.9 Å². The van der Waals surface area contributed by atoms with E-state index in [4.69, 9.17) is 5.11 Å². The van der Waals surface area contributed by atoms with Gasteiger partial charge in [0.15, 0.2) is 13.2 Å². The van der Waals surface area contributed by atoms with Gasteiger partial charge in [0.2, 0.25) is 0 Å². The van der Waals surface area contributed by atoms with Crippen LogP contribution in [0.2, 0.25) is 0 Å². The van der Waals surface area contributed by atoms with E-state index in [1.54, 1.807) is 0 Å². The predicted molar refractivity (Wildman–Crippen MR) is 33.7 cm³/mol. The van der Waals surface area contributed by atoms with Gasteiger partial charge in [0.1, 0.15) is 0 Å². The first kappa shape index (κ1) is 12.1. The molecule has 0 amide bonds. The number of carbonyl (C=O) groups is 2. The fourth-order valence-corrected chi connectivity index (χ4v) is 0.278. The molecule has 0 aromatic rings. The lowest BCUT2D eigenvalue weighted by atomic mass is 10.7. The molecule has 14 heavy (non-hydrogen) atoms. The lowest BCUT2D eigenvalue weighted by Crippen LogP contribution is -2.17. The van der Waals surface area contributed by atoms with Crippen LogP contribution < -0.4 is 0 Å². The molecule has 10 heteroatoms. The highest BCUT2D eigenvalue weighted by atomic mass is 17.3. The normalized spacial score (nSPS) is 9.14. The zero-order valence-corrected chi connectivity index (χ0v) is 6.57. The zero-order chi connectivity index (χ0) is 11.0. The van der Waals surface area contributed by atoms with Gasteiger partial charge in [-0.1, -0.05) is 4.99 Å². The third-order valence-corrected chi connectivity index (χ3v) is 0.634. The monoisotopic (exact) mass is 211 g/mol. The molecule has 10 nitrogen and oxygen atoms in total. The number of carboxylic acid groups (broad SMARTS) is 1. The van der Waals surface area contributed by atoms with Crippen LogP contribution in [0.5, 0.6) is 0 Å². The highest BCUT2D eigenvalue weighted by Gasteiger charge is 2.08. The highest BCUT2D eigenvalue weighted by Crippen LogP contribution is 1.85. The van der Waals surface area contributed by atoms with Crippen LogP contribution in [-0.2, 0) is 29.2 Å². The highest BCUT2D eigenvalue weighted by molar-refractivity contribution is 5.70. The number of carbonyl (C=O) groups excluding carboxylic acids is 1. The fraction of sp³-hybridized carbons (Fsp3) is 0.500. The first-order chi connectivity index (χ1) is 6.52.